The lowest BCUT2D eigenvalue weighted by atomic mass is 10.2. The van der Waals surface area contributed by atoms with Crippen molar-refractivity contribution in [3.05, 3.63) is 26.6 Å². The predicted octanol–water partition coefficient (Wildman–Crippen LogP) is 3.99. The largest absolute Gasteiger partial charge is 0.462 e. The van der Waals surface area contributed by atoms with Crippen LogP contribution in [-0.2, 0) is 4.74 Å². The van der Waals surface area contributed by atoms with Gasteiger partial charge in [-0.15, -0.1) is 0 Å². The topological polar surface area (TPSA) is 35.5 Å². The van der Waals surface area contributed by atoms with Crippen molar-refractivity contribution in [2.24, 2.45) is 0 Å². The third-order valence-corrected chi connectivity index (χ3v) is 3.20. The number of halogens is 4. The van der Waals surface area contributed by atoms with Gasteiger partial charge in [0.05, 0.1) is 16.6 Å². The highest BCUT2D eigenvalue weighted by Gasteiger charge is 2.20. The third kappa shape index (κ3) is 3.64. The molecule has 0 spiro atoms. The Morgan fingerprint density at radius 2 is 2.06 bits per heavy atom. The molecule has 0 saturated carbocycles. The van der Waals surface area contributed by atoms with Crippen molar-refractivity contribution in [2.75, 3.05) is 6.61 Å². The van der Waals surface area contributed by atoms with E-state index in [1.165, 1.54) is 12.1 Å². The SMILES string of the molecule is CCOC(=O)c1c(Br)ccc(OC(F)F)c1Br. The van der Waals surface area contributed by atoms with Crippen LogP contribution in [0.3, 0.4) is 0 Å². The molecule has 0 unspecified atom stereocenters. The molecule has 1 aromatic carbocycles. The fourth-order valence-electron chi connectivity index (χ4n) is 1.11. The summed E-state index contributed by atoms with van der Waals surface area (Å²) in [6.45, 7) is -1.11. The molecular formula is C10H8Br2F2O3. The summed E-state index contributed by atoms with van der Waals surface area (Å²) < 4.78 is 33.9. The zero-order valence-electron chi connectivity index (χ0n) is 8.68. The van der Waals surface area contributed by atoms with Gasteiger partial charge < -0.3 is 9.47 Å². The number of ether oxygens (including phenoxy) is 2. The highest BCUT2D eigenvalue weighted by atomic mass is 79.9. The molecule has 0 atom stereocenters. The second kappa shape index (κ2) is 6.30. The molecule has 0 aliphatic heterocycles. The predicted molar refractivity (Wildman–Crippen MR) is 64.4 cm³/mol. The molecule has 17 heavy (non-hydrogen) atoms. The minimum atomic E-state index is -2.96. The molecule has 0 radical (unpaired) electrons. The molecular weight excluding hydrogens is 366 g/mol. The van der Waals surface area contributed by atoms with E-state index < -0.39 is 12.6 Å². The van der Waals surface area contributed by atoms with Gasteiger partial charge in [0.1, 0.15) is 5.75 Å². The Balaban J connectivity index is 3.15. The zero-order valence-corrected chi connectivity index (χ0v) is 11.8. The number of rotatable bonds is 4. The van der Waals surface area contributed by atoms with Gasteiger partial charge >= 0.3 is 12.6 Å². The lowest BCUT2D eigenvalue weighted by molar-refractivity contribution is -0.0504. The van der Waals surface area contributed by atoms with Crippen LogP contribution in [0.4, 0.5) is 8.78 Å². The minimum absolute atomic E-state index is 0.116. The summed E-state index contributed by atoms with van der Waals surface area (Å²) in [6, 6.07) is 2.76. The van der Waals surface area contributed by atoms with Crippen molar-refractivity contribution in [1.82, 2.24) is 0 Å². The van der Waals surface area contributed by atoms with Crippen molar-refractivity contribution in [1.29, 1.82) is 0 Å². The van der Waals surface area contributed by atoms with Crippen LogP contribution in [0.2, 0.25) is 0 Å². The Labute approximate surface area is 113 Å². The van der Waals surface area contributed by atoms with E-state index in [0.29, 0.717) is 4.47 Å². The molecule has 7 heteroatoms. The number of esters is 1. The van der Waals surface area contributed by atoms with Crippen molar-refractivity contribution in [3.8, 4) is 5.75 Å². The van der Waals surface area contributed by atoms with E-state index in [-0.39, 0.29) is 22.4 Å². The molecule has 0 aromatic heterocycles. The summed E-state index contributed by atoms with van der Waals surface area (Å²) in [6.07, 6.45) is 0. The molecule has 0 bridgehead atoms. The van der Waals surface area contributed by atoms with Crippen LogP contribution >= 0.6 is 31.9 Å². The first-order valence-corrected chi connectivity index (χ1v) is 6.15. The molecule has 0 aliphatic rings. The molecule has 0 aliphatic carbocycles. The van der Waals surface area contributed by atoms with Gasteiger partial charge in [-0.1, -0.05) is 0 Å². The Morgan fingerprint density at radius 3 is 2.59 bits per heavy atom. The van der Waals surface area contributed by atoms with Crippen molar-refractivity contribution in [2.45, 2.75) is 13.5 Å². The summed E-state index contributed by atoms with van der Waals surface area (Å²) in [7, 11) is 0. The highest BCUT2D eigenvalue weighted by Crippen LogP contribution is 2.35. The van der Waals surface area contributed by atoms with Crippen LogP contribution in [0.15, 0.2) is 21.1 Å². The van der Waals surface area contributed by atoms with Crippen molar-refractivity contribution >= 4 is 37.8 Å². The van der Waals surface area contributed by atoms with Gasteiger partial charge in [-0.2, -0.15) is 8.78 Å². The lowest BCUT2D eigenvalue weighted by Gasteiger charge is -2.11. The van der Waals surface area contributed by atoms with E-state index in [4.69, 9.17) is 4.74 Å². The minimum Gasteiger partial charge on any atom is -0.462 e. The van der Waals surface area contributed by atoms with Crippen LogP contribution < -0.4 is 4.74 Å². The van der Waals surface area contributed by atoms with Gasteiger partial charge in [0, 0.05) is 4.47 Å². The summed E-state index contributed by atoms with van der Waals surface area (Å²) in [5.74, 6) is -0.739. The van der Waals surface area contributed by atoms with E-state index in [2.05, 4.69) is 36.6 Å². The van der Waals surface area contributed by atoms with E-state index in [9.17, 15) is 13.6 Å². The first-order valence-electron chi connectivity index (χ1n) is 4.57. The summed E-state index contributed by atoms with van der Waals surface area (Å²) in [5, 5.41) is 0. The molecule has 0 heterocycles. The maximum Gasteiger partial charge on any atom is 0.387 e. The van der Waals surface area contributed by atoms with Gasteiger partial charge in [-0.3, -0.25) is 0 Å². The van der Waals surface area contributed by atoms with E-state index >= 15 is 0 Å². The second-order valence-electron chi connectivity index (χ2n) is 2.83. The number of hydrogen-bond acceptors (Lipinski definition) is 3. The standard InChI is InChI=1S/C10H8Br2F2O3/c1-2-16-9(15)7-5(11)3-4-6(8(7)12)17-10(13)14/h3-4,10H,2H2,1H3. The molecule has 0 amide bonds. The first-order chi connectivity index (χ1) is 7.97. The summed E-state index contributed by atoms with van der Waals surface area (Å²) in [4.78, 5) is 11.6. The summed E-state index contributed by atoms with van der Waals surface area (Å²) in [5.41, 5.74) is 0.116. The lowest BCUT2D eigenvalue weighted by Crippen LogP contribution is -2.09. The van der Waals surface area contributed by atoms with Gasteiger partial charge in [0.25, 0.3) is 0 Å². The van der Waals surface area contributed by atoms with Crippen LogP contribution in [0.1, 0.15) is 17.3 Å². The molecule has 3 nitrogen and oxygen atoms in total. The molecule has 1 rings (SSSR count). The number of carbonyl (C=O) groups is 1. The Morgan fingerprint density at radius 1 is 1.41 bits per heavy atom. The van der Waals surface area contributed by atoms with Gasteiger partial charge in [-0.05, 0) is 50.9 Å². The Bertz CT molecular complexity index is 424. The normalized spacial score (nSPS) is 10.5. The van der Waals surface area contributed by atoms with Crippen LogP contribution in [0.25, 0.3) is 0 Å². The van der Waals surface area contributed by atoms with Gasteiger partial charge in [0.15, 0.2) is 0 Å². The maximum atomic E-state index is 12.1. The second-order valence-corrected chi connectivity index (χ2v) is 4.48. The number of alkyl halides is 2. The van der Waals surface area contributed by atoms with E-state index in [0.717, 1.165) is 0 Å². The Kier molecular flexibility index (Phi) is 5.32. The highest BCUT2D eigenvalue weighted by molar-refractivity contribution is 9.11. The first kappa shape index (κ1) is 14.4. The van der Waals surface area contributed by atoms with E-state index in [1.807, 2.05) is 0 Å². The molecule has 1 aromatic rings. The fraction of sp³-hybridized carbons (Fsp3) is 0.300. The number of hydrogen-bond donors (Lipinski definition) is 0. The number of benzene rings is 1. The average Bonchev–Trinajstić information content (AvgIpc) is 2.22. The molecule has 0 fully saturated rings. The zero-order chi connectivity index (χ0) is 13.0. The average molecular weight is 374 g/mol. The molecule has 94 valence electrons. The maximum absolute atomic E-state index is 12.1. The summed E-state index contributed by atoms with van der Waals surface area (Å²) >= 11 is 6.19. The third-order valence-electron chi connectivity index (χ3n) is 1.75. The van der Waals surface area contributed by atoms with Crippen LogP contribution in [-0.4, -0.2) is 19.2 Å². The monoisotopic (exact) mass is 372 g/mol. The van der Waals surface area contributed by atoms with E-state index in [1.54, 1.807) is 6.92 Å². The van der Waals surface area contributed by atoms with Crippen molar-refractivity contribution < 1.29 is 23.0 Å². The van der Waals surface area contributed by atoms with Gasteiger partial charge in [-0.25, -0.2) is 4.79 Å². The van der Waals surface area contributed by atoms with Gasteiger partial charge in [0.2, 0.25) is 0 Å². The van der Waals surface area contributed by atoms with Crippen LogP contribution in [0.5, 0.6) is 5.75 Å². The Hall–Kier alpha value is -0.690. The fourth-order valence-corrected chi connectivity index (χ4v) is 2.47. The van der Waals surface area contributed by atoms with Crippen LogP contribution in [0, 0.1) is 0 Å². The quantitative estimate of drug-likeness (QED) is 0.748. The smallest absolute Gasteiger partial charge is 0.387 e. The number of carbonyl (C=O) groups excluding carboxylic acids is 1. The molecule has 0 saturated heterocycles. The van der Waals surface area contributed by atoms with Crippen molar-refractivity contribution in [3.63, 3.8) is 0 Å². The molecule has 0 N–H and O–H groups in total.